The first-order valence-electron chi connectivity index (χ1n) is 12.3. The maximum absolute atomic E-state index is 13.0. The first-order chi connectivity index (χ1) is 16.6. The largest absolute Gasteiger partial charge is 0.481 e. The van der Waals surface area contributed by atoms with Gasteiger partial charge in [-0.25, -0.2) is 0 Å². The van der Waals surface area contributed by atoms with Crippen LogP contribution in [0.4, 0.5) is 0 Å². The van der Waals surface area contributed by atoms with Crippen molar-refractivity contribution in [3.8, 4) is 16.9 Å². The van der Waals surface area contributed by atoms with E-state index in [0.29, 0.717) is 31.9 Å². The predicted octanol–water partition coefficient (Wildman–Crippen LogP) is 5.00. The van der Waals surface area contributed by atoms with Crippen LogP contribution in [-0.4, -0.2) is 58.9 Å². The summed E-state index contributed by atoms with van der Waals surface area (Å²) in [6.07, 6.45) is 1.19. The Hall–Kier alpha value is -3.41. The molecular weight excluding hydrogens is 438 g/mol. The number of hydrogen-bond acceptors (Lipinski definition) is 4. The first-order valence-corrected chi connectivity index (χ1v) is 12.3. The van der Waals surface area contributed by atoms with Gasteiger partial charge in [0.25, 0.3) is 5.91 Å². The van der Waals surface area contributed by atoms with Crippen molar-refractivity contribution in [3.63, 3.8) is 0 Å². The number of ether oxygens (including phenoxy) is 1. The third kappa shape index (κ3) is 5.16. The highest BCUT2D eigenvalue weighted by atomic mass is 16.5. The molecule has 184 valence electrons. The Morgan fingerprint density at radius 2 is 1.57 bits per heavy atom. The van der Waals surface area contributed by atoms with E-state index in [1.165, 1.54) is 16.7 Å². The molecule has 1 saturated heterocycles. The van der Waals surface area contributed by atoms with E-state index >= 15 is 0 Å². The van der Waals surface area contributed by atoms with E-state index in [-0.39, 0.29) is 11.8 Å². The lowest BCUT2D eigenvalue weighted by Gasteiger charge is -2.38. The second-order valence-electron chi connectivity index (χ2n) is 10.4. The molecule has 2 aromatic carbocycles. The second-order valence-corrected chi connectivity index (χ2v) is 10.4. The number of benzene rings is 2. The molecule has 35 heavy (non-hydrogen) atoms. The van der Waals surface area contributed by atoms with Crippen LogP contribution in [0, 0.1) is 19.3 Å². The summed E-state index contributed by atoms with van der Waals surface area (Å²) >= 11 is 0. The van der Waals surface area contributed by atoms with Gasteiger partial charge in [0.1, 0.15) is 5.75 Å². The highest BCUT2D eigenvalue weighted by molar-refractivity contribution is 5.96. The summed E-state index contributed by atoms with van der Waals surface area (Å²) in [4.78, 5) is 33.8. The van der Waals surface area contributed by atoms with E-state index in [1.807, 2.05) is 56.1 Å². The van der Waals surface area contributed by atoms with E-state index in [1.54, 1.807) is 11.8 Å². The minimum atomic E-state index is -0.626. The molecule has 1 aliphatic rings. The Bertz CT molecular complexity index is 1230. The van der Waals surface area contributed by atoms with Crippen molar-refractivity contribution in [3.05, 3.63) is 59.8 Å². The molecule has 1 fully saturated rings. The topological polar surface area (TPSA) is 62.7 Å². The maximum Gasteiger partial charge on any atom is 0.263 e. The Morgan fingerprint density at radius 3 is 2.20 bits per heavy atom. The van der Waals surface area contributed by atoms with Crippen molar-refractivity contribution in [2.45, 2.75) is 47.6 Å². The lowest BCUT2D eigenvalue weighted by atomic mass is 9.93. The number of pyridine rings is 1. The SMILES string of the molecule is Cc1cccc(C)c1-c1ccnc2cc(OC(C)C(=O)N3CCN(C(=O)C(C)(C)C)CC3)ccc12. The third-order valence-corrected chi connectivity index (χ3v) is 6.65. The average Bonchev–Trinajstić information content (AvgIpc) is 2.82. The zero-order chi connectivity index (χ0) is 25.3. The number of carbonyl (C=O) groups is 2. The van der Waals surface area contributed by atoms with Crippen LogP contribution in [0.2, 0.25) is 0 Å². The van der Waals surface area contributed by atoms with Crippen LogP contribution in [-0.2, 0) is 9.59 Å². The molecule has 0 spiro atoms. The van der Waals surface area contributed by atoms with Gasteiger partial charge in [0.15, 0.2) is 6.10 Å². The quantitative estimate of drug-likeness (QED) is 0.535. The molecular formula is C29H35N3O3. The van der Waals surface area contributed by atoms with Gasteiger partial charge in [-0.3, -0.25) is 14.6 Å². The maximum atomic E-state index is 13.0. The van der Waals surface area contributed by atoms with Gasteiger partial charge in [0.05, 0.1) is 5.52 Å². The highest BCUT2D eigenvalue weighted by Crippen LogP contribution is 2.34. The Balaban J connectivity index is 1.46. The zero-order valence-electron chi connectivity index (χ0n) is 21.6. The fourth-order valence-corrected chi connectivity index (χ4v) is 4.77. The molecule has 1 aliphatic heterocycles. The van der Waals surface area contributed by atoms with Crippen LogP contribution < -0.4 is 4.74 Å². The molecule has 0 saturated carbocycles. The number of fused-ring (bicyclic) bond motifs is 1. The summed E-state index contributed by atoms with van der Waals surface area (Å²) in [6.45, 7) is 13.9. The molecule has 1 aromatic heterocycles. The van der Waals surface area contributed by atoms with Crippen molar-refractivity contribution >= 4 is 22.7 Å². The molecule has 0 aliphatic carbocycles. The molecule has 6 heteroatoms. The highest BCUT2D eigenvalue weighted by Gasteiger charge is 2.32. The van der Waals surface area contributed by atoms with Gasteiger partial charge < -0.3 is 14.5 Å². The molecule has 3 aromatic rings. The van der Waals surface area contributed by atoms with Crippen molar-refractivity contribution in [2.75, 3.05) is 26.2 Å². The number of amides is 2. The molecule has 0 N–H and O–H groups in total. The van der Waals surface area contributed by atoms with Gasteiger partial charge in [0, 0.05) is 49.2 Å². The number of aromatic nitrogens is 1. The first kappa shape index (κ1) is 24.7. The van der Waals surface area contributed by atoms with Crippen molar-refractivity contribution in [2.24, 2.45) is 5.41 Å². The number of piperazine rings is 1. The van der Waals surface area contributed by atoms with E-state index in [4.69, 9.17) is 4.74 Å². The molecule has 0 radical (unpaired) electrons. The van der Waals surface area contributed by atoms with Gasteiger partial charge in [-0.1, -0.05) is 39.0 Å². The summed E-state index contributed by atoms with van der Waals surface area (Å²) in [5, 5.41) is 1.05. The van der Waals surface area contributed by atoms with Crippen molar-refractivity contribution < 1.29 is 14.3 Å². The molecule has 2 heterocycles. The van der Waals surface area contributed by atoms with Crippen LogP contribution >= 0.6 is 0 Å². The van der Waals surface area contributed by atoms with E-state index in [0.717, 1.165) is 16.5 Å². The zero-order valence-corrected chi connectivity index (χ0v) is 21.6. The minimum Gasteiger partial charge on any atom is -0.481 e. The minimum absolute atomic E-state index is 0.0646. The third-order valence-electron chi connectivity index (χ3n) is 6.65. The Labute approximate surface area is 207 Å². The van der Waals surface area contributed by atoms with Gasteiger partial charge in [-0.2, -0.15) is 0 Å². The molecule has 6 nitrogen and oxygen atoms in total. The normalized spacial score (nSPS) is 15.3. The Morgan fingerprint density at radius 1 is 0.943 bits per heavy atom. The number of rotatable bonds is 4. The lowest BCUT2D eigenvalue weighted by Crippen LogP contribution is -2.55. The van der Waals surface area contributed by atoms with Crippen LogP contribution in [0.25, 0.3) is 22.0 Å². The Kier molecular flexibility index (Phi) is 6.84. The molecule has 0 bridgehead atoms. The van der Waals surface area contributed by atoms with Crippen LogP contribution in [0.5, 0.6) is 5.75 Å². The van der Waals surface area contributed by atoms with Gasteiger partial charge in [-0.05, 0) is 61.2 Å². The van der Waals surface area contributed by atoms with Gasteiger partial charge in [-0.15, -0.1) is 0 Å². The van der Waals surface area contributed by atoms with E-state index < -0.39 is 11.5 Å². The van der Waals surface area contributed by atoms with Crippen LogP contribution in [0.1, 0.15) is 38.8 Å². The van der Waals surface area contributed by atoms with E-state index in [2.05, 4.69) is 37.0 Å². The average molecular weight is 474 g/mol. The second kappa shape index (κ2) is 9.68. The van der Waals surface area contributed by atoms with Crippen molar-refractivity contribution in [1.82, 2.24) is 14.8 Å². The summed E-state index contributed by atoms with van der Waals surface area (Å²) < 4.78 is 6.05. The monoisotopic (exact) mass is 473 g/mol. The fourth-order valence-electron chi connectivity index (χ4n) is 4.77. The molecule has 2 amide bonds. The molecule has 4 rings (SSSR count). The number of aryl methyl sites for hydroxylation is 2. The lowest BCUT2D eigenvalue weighted by molar-refractivity contribution is -0.147. The van der Waals surface area contributed by atoms with Crippen LogP contribution in [0.15, 0.2) is 48.7 Å². The standard InChI is InChI=1S/C29H35N3O3/c1-19-8-7-9-20(2)26(19)24-12-13-30-25-18-22(10-11-23(24)25)35-21(3)27(33)31-14-16-32(17-15-31)28(34)29(4,5)6/h7-13,18,21H,14-17H2,1-6H3. The van der Waals surface area contributed by atoms with Gasteiger partial charge >= 0.3 is 0 Å². The number of hydrogen-bond donors (Lipinski definition) is 0. The summed E-state index contributed by atoms with van der Waals surface area (Å²) in [6, 6.07) is 14.2. The molecule has 1 atom stereocenters. The smallest absolute Gasteiger partial charge is 0.263 e. The summed E-state index contributed by atoms with van der Waals surface area (Å²) in [5.41, 5.74) is 5.23. The van der Waals surface area contributed by atoms with Gasteiger partial charge in [0.2, 0.25) is 5.91 Å². The van der Waals surface area contributed by atoms with Crippen molar-refractivity contribution in [1.29, 1.82) is 0 Å². The molecule has 1 unspecified atom stereocenters. The summed E-state index contributed by atoms with van der Waals surface area (Å²) in [7, 11) is 0. The fraction of sp³-hybridized carbons (Fsp3) is 0.414. The van der Waals surface area contributed by atoms with Crippen LogP contribution in [0.3, 0.4) is 0 Å². The summed E-state index contributed by atoms with van der Waals surface area (Å²) in [5.74, 6) is 0.675. The predicted molar refractivity (Wildman–Crippen MR) is 139 cm³/mol. The van der Waals surface area contributed by atoms with E-state index in [9.17, 15) is 9.59 Å². The number of carbonyl (C=O) groups excluding carboxylic acids is 2. The number of nitrogens with zero attached hydrogens (tertiary/aromatic N) is 3.